The fraction of sp³-hybridized carbons (Fsp3) is 0.686. The van der Waals surface area contributed by atoms with Crippen LogP contribution in [0.2, 0.25) is 0 Å². The summed E-state index contributed by atoms with van der Waals surface area (Å²) < 4.78 is 18.4. The molecule has 0 bridgehead atoms. The third-order valence-corrected chi connectivity index (χ3v) is 9.39. The number of methoxy groups -OCH3 is 1. The number of amides is 2. The number of hydrogen-bond donors (Lipinski definition) is 2. The Morgan fingerprint density at radius 2 is 1.72 bits per heavy atom. The minimum atomic E-state index is -0.369. The van der Waals surface area contributed by atoms with Gasteiger partial charge in [-0.15, -0.1) is 0 Å². The maximum atomic E-state index is 13.0. The summed E-state index contributed by atoms with van der Waals surface area (Å²) in [6, 6.07) is 7.68. The first kappa shape index (κ1) is 33.3. The average Bonchev–Trinajstić information content (AvgIpc) is 3.85. The van der Waals surface area contributed by atoms with Crippen LogP contribution in [0.4, 0.5) is 5.69 Å². The summed E-state index contributed by atoms with van der Waals surface area (Å²) in [6.07, 6.45) is 8.03. The Morgan fingerprint density at radius 1 is 1.05 bits per heavy atom. The van der Waals surface area contributed by atoms with Gasteiger partial charge in [-0.2, -0.15) is 0 Å². The van der Waals surface area contributed by atoms with Crippen molar-refractivity contribution >= 4 is 23.3 Å². The normalized spacial score (nSPS) is 29.6. The first-order chi connectivity index (χ1) is 20.3. The van der Waals surface area contributed by atoms with Gasteiger partial charge in [0, 0.05) is 43.4 Å². The number of nitrogens with one attached hydrogen (secondary N) is 2. The summed E-state index contributed by atoms with van der Waals surface area (Å²) in [5.41, 5.74) is 2.25. The van der Waals surface area contributed by atoms with E-state index >= 15 is 0 Å². The maximum absolute atomic E-state index is 13.0. The summed E-state index contributed by atoms with van der Waals surface area (Å²) in [4.78, 5) is 37.3. The summed E-state index contributed by atoms with van der Waals surface area (Å²) in [5, 5.41) is 6.18. The molecule has 1 aromatic rings. The lowest BCUT2D eigenvalue weighted by molar-refractivity contribution is -0.127. The summed E-state index contributed by atoms with van der Waals surface area (Å²) in [7, 11) is 1.73. The lowest BCUT2D eigenvalue weighted by Crippen LogP contribution is -2.59. The van der Waals surface area contributed by atoms with Crippen LogP contribution in [0.5, 0.6) is 0 Å². The highest BCUT2D eigenvalue weighted by Crippen LogP contribution is 2.59. The molecule has 0 aromatic heterocycles. The second-order valence-corrected chi connectivity index (χ2v) is 14.2. The van der Waals surface area contributed by atoms with E-state index in [9.17, 15) is 14.4 Å². The summed E-state index contributed by atoms with van der Waals surface area (Å²) in [6.45, 7) is 12.8. The van der Waals surface area contributed by atoms with Crippen LogP contribution in [0.15, 0.2) is 35.9 Å². The number of anilines is 1. The number of allylic oxidation sites excluding steroid dienone is 1. The van der Waals surface area contributed by atoms with Gasteiger partial charge in [0.15, 0.2) is 0 Å². The number of carbonyl (C=O) groups is 3. The molecule has 4 rings (SSSR count). The van der Waals surface area contributed by atoms with Crippen molar-refractivity contribution in [3.63, 3.8) is 0 Å². The number of Topliss-reactive ketones (excluding diaryl/α,β-unsaturated/α-hetero) is 1. The molecule has 2 aliphatic heterocycles. The third-order valence-electron chi connectivity index (χ3n) is 9.39. The molecule has 2 heterocycles. The SMILES string of the molecule is CO[C@@H]1[C@H](NC(=O)CCCc2ccc(NC(=O)CCCC(=O)C(C)(C)C)cc2)CC[C@]2(CO2)[C@H]1[C@@]1(C)O[C@@H]1CC=C(C)C. The van der Waals surface area contributed by atoms with E-state index in [1.54, 1.807) is 7.11 Å². The minimum absolute atomic E-state index is 0.0373. The molecule has 1 saturated carbocycles. The predicted octanol–water partition coefficient (Wildman–Crippen LogP) is 5.93. The molecule has 3 fully saturated rings. The van der Waals surface area contributed by atoms with Gasteiger partial charge >= 0.3 is 0 Å². The quantitative estimate of drug-likeness (QED) is 0.204. The molecule has 1 aliphatic carbocycles. The van der Waals surface area contributed by atoms with Crippen LogP contribution < -0.4 is 10.6 Å². The average molecular weight is 597 g/mol. The molecule has 0 radical (unpaired) electrons. The Bertz CT molecular complexity index is 1180. The van der Waals surface area contributed by atoms with Gasteiger partial charge in [-0.3, -0.25) is 14.4 Å². The van der Waals surface area contributed by atoms with Gasteiger partial charge in [-0.25, -0.2) is 0 Å². The monoisotopic (exact) mass is 596 g/mol. The Hall–Kier alpha value is -2.55. The smallest absolute Gasteiger partial charge is 0.224 e. The Morgan fingerprint density at radius 3 is 2.33 bits per heavy atom. The van der Waals surface area contributed by atoms with Crippen LogP contribution >= 0.6 is 0 Å². The molecule has 43 heavy (non-hydrogen) atoms. The molecule has 2 N–H and O–H groups in total. The van der Waals surface area contributed by atoms with Gasteiger partial charge in [0.2, 0.25) is 11.8 Å². The van der Waals surface area contributed by atoms with Crippen LogP contribution in [-0.2, 0) is 35.0 Å². The van der Waals surface area contributed by atoms with Gasteiger partial charge in [-0.05, 0) is 77.0 Å². The molecular weight excluding hydrogens is 544 g/mol. The van der Waals surface area contributed by atoms with Crippen molar-refractivity contribution in [3.8, 4) is 0 Å². The molecule has 3 aliphatic rings. The van der Waals surface area contributed by atoms with Crippen LogP contribution in [0.3, 0.4) is 0 Å². The van der Waals surface area contributed by atoms with Crippen LogP contribution in [0, 0.1) is 11.3 Å². The lowest BCUT2D eigenvalue weighted by atomic mass is 9.67. The minimum Gasteiger partial charge on any atom is -0.379 e. The van der Waals surface area contributed by atoms with Crippen molar-refractivity contribution in [2.75, 3.05) is 19.0 Å². The number of rotatable bonds is 14. The van der Waals surface area contributed by atoms with Gasteiger partial charge in [0.1, 0.15) is 11.4 Å². The number of epoxide rings is 2. The van der Waals surface area contributed by atoms with Crippen molar-refractivity contribution in [2.24, 2.45) is 11.3 Å². The van der Waals surface area contributed by atoms with Gasteiger partial charge in [-0.1, -0.05) is 44.6 Å². The summed E-state index contributed by atoms with van der Waals surface area (Å²) in [5.74, 6) is 0.197. The van der Waals surface area contributed by atoms with Crippen molar-refractivity contribution in [1.82, 2.24) is 5.32 Å². The first-order valence-corrected chi connectivity index (χ1v) is 16.0. The van der Waals surface area contributed by atoms with Crippen LogP contribution in [0.25, 0.3) is 0 Å². The number of ether oxygens (including phenoxy) is 3. The van der Waals surface area contributed by atoms with Gasteiger partial charge in [0.05, 0.1) is 30.5 Å². The first-order valence-electron chi connectivity index (χ1n) is 16.0. The van der Waals surface area contributed by atoms with Crippen molar-refractivity contribution in [3.05, 3.63) is 41.5 Å². The predicted molar refractivity (Wildman–Crippen MR) is 168 cm³/mol. The van der Waals surface area contributed by atoms with Crippen molar-refractivity contribution < 1.29 is 28.6 Å². The highest BCUT2D eigenvalue weighted by Gasteiger charge is 2.71. The third kappa shape index (κ3) is 8.55. The number of aryl methyl sites for hydroxylation is 1. The van der Waals surface area contributed by atoms with E-state index in [4.69, 9.17) is 14.2 Å². The Balaban J connectivity index is 1.21. The number of hydrogen-bond acceptors (Lipinski definition) is 6. The molecule has 1 aromatic carbocycles. The molecule has 0 unspecified atom stereocenters. The highest BCUT2D eigenvalue weighted by molar-refractivity contribution is 5.91. The fourth-order valence-electron chi connectivity index (χ4n) is 6.64. The molecule has 8 nitrogen and oxygen atoms in total. The Kier molecular flexibility index (Phi) is 10.6. The zero-order chi connectivity index (χ0) is 31.4. The van der Waals surface area contributed by atoms with Crippen LogP contribution in [0.1, 0.15) is 98.5 Å². The van der Waals surface area contributed by atoms with E-state index in [1.165, 1.54) is 5.57 Å². The number of benzene rings is 1. The molecule has 6 atom stereocenters. The zero-order valence-corrected chi connectivity index (χ0v) is 27.2. The standard InChI is InChI=1S/C35H52N2O6/c1-23(2)14-19-28-34(6,43-28)32-31(41-7)26(20-21-35(32)22-42-35)37-30(40)12-8-10-24-15-17-25(18-16-24)36-29(39)13-9-11-27(38)33(3,4)5/h14-18,26,28,31-32H,8-13,19-22H2,1-7H3,(H,36,39)(H,37,40)/t26-,28-,31-,32-,34+,35+/m1/s1. The van der Waals surface area contributed by atoms with E-state index in [1.807, 2.05) is 45.0 Å². The zero-order valence-electron chi connectivity index (χ0n) is 27.2. The van der Waals surface area contributed by atoms with Gasteiger partial charge in [0.25, 0.3) is 0 Å². The number of ketones is 1. The fourth-order valence-corrected chi connectivity index (χ4v) is 6.64. The van der Waals surface area contributed by atoms with E-state index in [-0.39, 0.29) is 58.4 Å². The van der Waals surface area contributed by atoms with E-state index < -0.39 is 0 Å². The molecule has 8 heteroatoms. The molecule has 2 amide bonds. The molecular formula is C35H52N2O6. The second-order valence-electron chi connectivity index (χ2n) is 14.2. The summed E-state index contributed by atoms with van der Waals surface area (Å²) >= 11 is 0. The van der Waals surface area contributed by atoms with Crippen LogP contribution in [-0.4, -0.2) is 60.8 Å². The largest absolute Gasteiger partial charge is 0.379 e. The topological polar surface area (TPSA) is 110 Å². The highest BCUT2D eigenvalue weighted by atomic mass is 16.6. The van der Waals surface area contributed by atoms with Crippen molar-refractivity contribution in [1.29, 1.82) is 0 Å². The molecule has 2 saturated heterocycles. The van der Waals surface area contributed by atoms with Gasteiger partial charge < -0.3 is 24.8 Å². The van der Waals surface area contributed by atoms with E-state index in [2.05, 4.69) is 37.5 Å². The van der Waals surface area contributed by atoms with E-state index in [0.717, 1.165) is 50.0 Å². The lowest BCUT2D eigenvalue weighted by Gasteiger charge is -2.43. The molecule has 238 valence electrons. The second kappa shape index (κ2) is 13.6. The Labute approximate surface area is 257 Å². The van der Waals surface area contributed by atoms with E-state index in [0.29, 0.717) is 25.7 Å². The molecule has 1 spiro atoms. The van der Waals surface area contributed by atoms with Crippen molar-refractivity contribution in [2.45, 2.75) is 129 Å². The maximum Gasteiger partial charge on any atom is 0.224 e. The number of carbonyl (C=O) groups excluding carboxylic acids is 3.